The number of fused-ring (bicyclic) bond motifs is 2. The number of alkyl halides is 3. The average molecular weight is 499 g/mol. The molecule has 11 heteroatoms. The number of carbonyl (C=O) groups excluding carboxylic acids is 3. The summed E-state index contributed by atoms with van der Waals surface area (Å²) >= 11 is 0. The molecule has 1 unspecified atom stereocenters. The second kappa shape index (κ2) is 9.03. The van der Waals surface area contributed by atoms with Crippen LogP contribution in [-0.2, 0) is 6.18 Å². The Morgan fingerprint density at radius 1 is 1.08 bits per heavy atom. The van der Waals surface area contributed by atoms with Crippen LogP contribution in [0.5, 0.6) is 0 Å². The van der Waals surface area contributed by atoms with Gasteiger partial charge in [-0.3, -0.25) is 23.7 Å². The molecule has 0 spiro atoms. The van der Waals surface area contributed by atoms with Crippen molar-refractivity contribution in [2.45, 2.75) is 44.7 Å². The molecule has 3 aromatic rings. The van der Waals surface area contributed by atoms with Crippen LogP contribution in [0.1, 0.15) is 81.0 Å². The van der Waals surface area contributed by atoms with Gasteiger partial charge in [0.1, 0.15) is 5.82 Å². The minimum Gasteiger partial charge on any atom is -0.338 e. The Bertz CT molecular complexity index is 1370. The maximum Gasteiger partial charge on any atom is 0.417 e. The van der Waals surface area contributed by atoms with Gasteiger partial charge in [0.25, 0.3) is 17.7 Å². The van der Waals surface area contributed by atoms with Gasteiger partial charge >= 0.3 is 6.18 Å². The third-order valence-electron chi connectivity index (χ3n) is 6.78. The normalized spacial score (nSPS) is 18.3. The van der Waals surface area contributed by atoms with Crippen molar-refractivity contribution in [3.63, 3.8) is 0 Å². The van der Waals surface area contributed by atoms with Gasteiger partial charge in [-0.05, 0) is 49.6 Å². The Morgan fingerprint density at radius 2 is 1.86 bits per heavy atom. The van der Waals surface area contributed by atoms with Crippen LogP contribution in [0.25, 0.3) is 5.65 Å². The van der Waals surface area contributed by atoms with Crippen molar-refractivity contribution < 1.29 is 27.6 Å². The first-order valence-electron chi connectivity index (χ1n) is 11.9. The Labute approximate surface area is 204 Å². The Hall–Kier alpha value is -3.76. The summed E-state index contributed by atoms with van der Waals surface area (Å²) in [5.41, 5.74) is 0.303. The van der Waals surface area contributed by atoms with Crippen LogP contribution in [-0.4, -0.2) is 61.8 Å². The third-order valence-corrected chi connectivity index (χ3v) is 6.78. The predicted octanol–water partition coefficient (Wildman–Crippen LogP) is 4.16. The highest BCUT2D eigenvalue weighted by molar-refractivity contribution is 6.22. The van der Waals surface area contributed by atoms with Gasteiger partial charge in [-0.2, -0.15) is 13.2 Å². The first kappa shape index (κ1) is 24.0. The van der Waals surface area contributed by atoms with Crippen LogP contribution in [0.3, 0.4) is 0 Å². The van der Waals surface area contributed by atoms with Gasteiger partial charge < -0.3 is 4.90 Å². The van der Waals surface area contributed by atoms with E-state index in [2.05, 4.69) is 10.2 Å². The smallest absolute Gasteiger partial charge is 0.338 e. The lowest BCUT2D eigenvalue weighted by Crippen LogP contribution is -2.39. The summed E-state index contributed by atoms with van der Waals surface area (Å²) in [6.45, 7) is 3.02. The molecule has 3 amide bonds. The lowest BCUT2D eigenvalue weighted by Gasteiger charge is -2.32. The minimum atomic E-state index is -4.50. The van der Waals surface area contributed by atoms with E-state index in [9.17, 15) is 27.6 Å². The number of hydrogen-bond acceptors (Lipinski definition) is 5. The molecule has 0 N–H and O–H groups in total. The predicted molar refractivity (Wildman–Crippen MR) is 123 cm³/mol. The number of halogens is 3. The number of carbonyl (C=O) groups is 3. The number of nitrogens with zero attached hydrogens (tertiary/aromatic N) is 5. The number of unbranched alkanes of at least 4 members (excludes halogenated alkanes) is 1. The van der Waals surface area contributed by atoms with Crippen molar-refractivity contribution in [1.82, 2.24) is 24.4 Å². The lowest BCUT2D eigenvalue weighted by atomic mass is 9.96. The van der Waals surface area contributed by atoms with Crippen LogP contribution in [0.4, 0.5) is 13.2 Å². The number of likely N-dealkylation sites (tertiary alicyclic amines) is 1. The largest absolute Gasteiger partial charge is 0.417 e. The van der Waals surface area contributed by atoms with E-state index in [1.54, 1.807) is 11.0 Å². The van der Waals surface area contributed by atoms with E-state index in [0.717, 1.165) is 18.7 Å². The molecule has 5 rings (SSSR count). The number of imide groups is 1. The molecule has 36 heavy (non-hydrogen) atoms. The zero-order valence-corrected chi connectivity index (χ0v) is 19.6. The quantitative estimate of drug-likeness (QED) is 0.492. The van der Waals surface area contributed by atoms with Gasteiger partial charge in [-0.15, -0.1) is 10.2 Å². The maximum atomic E-state index is 13.3. The number of hydrogen-bond donors (Lipinski definition) is 0. The topological polar surface area (TPSA) is 87.9 Å². The van der Waals surface area contributed by atoms with E-state index in [4.69, 9.17) is 0 Å². The van der Waals surface area contributed by atoms with Crippen LogP contribution in [0.15, 0.2) is 36.5 Å². The second-order valence-corrected chi connectivity index (χ2v) is 9.17. The fraction of sp³-hybridized carbons (Fsp3) is 0.400. The highest BCUT2D eigenvalue weighted by Gasteiger charge is 2.37. The molecule has 188 valence electrons. The summed E-state index contributed by atoms with van der Waals surface area (Å²) in [5.74, 6) is -0.986. The van der Waals surface area contributed by atoms with E-state index in [1.165, 1.54) is 27.5 Å². The standard InChI is InChI=1S/C25H24F3N5O3/c1-2-3-11-32-23(35)18-8-6-15(12-19(18)24(32)36)22(34)31-10-4-5-16(13-31)21-30-29-20-9-7-17(14-33(20)21)25(26,27)28/h6-9,12,14,16H,2-5,10-11,13H2,1H3. The summed E-state index contributed by atoms with van der Waals surface area (Å²) in [4.78, 5) is 41.5. The summed E-state index contributed by atoms with van der Waals surface area (Å²) in [7, 11) is 0. The number of piperidine rings is 1. The molecule has 0 saturated carbocycles. The van der Waals surface area contributed by atoms with Gasteiger partial charge in [0.2, 0.25) is 0 Å². The van der Waals surface area contributed by atoms with Crippen LogP contribution in [0.2, 0.25) is 0 Å². The first-order valence-corrected chi connectivity index (χ1v) is 11.9. The van der Waals surface area contributed by atoms with E-state index in [1.807, 2.05) is 6.92 Å². The van der Waals surface area contributed by atoms with Crippen LogP contribution in [0, 0.1) is 0 Å². The molecule has 1 aromatic carbocycles. The van der Waals surface area contributed by atoms with Gasteiger partial charge in [-0.1, -0.05) is 13.3 Å². The first-order chi connectivity index (χ1) is 17.2. The summed E-state index contributed by atoms with van der Waals surface area (Å²) in [6, 6.07) is 6.77. The molecule has 0 aliphatic carbocycles. The summed E-state index contributed by atoms with van der Waals surface area (Å²) in [5, 5.41) is 8.12. The van der Waals surface area contributed by atoms with Crippen molar-refractivity contribution in [3.8, 4) is 0 Å². The van der Waals surface area contributed by atoms with Gasteiger partial charge in [0.15, 0.2) is 5.65 Å². The molecule has 2 aliphatic rings. The Morgan fingerprint density at radius 3 is 2.61 bits per heavy atom. The fourth-order valence-corrected chi connectivity index (χ4v) is 4.85. The van der Waals surface area contributed by atoms with Crippen LogP contribution < -0.4 is 0 Å². The van der Waals surface area contributed by atoms with Crippen molar-refractivity contribution in [2.75, 3.05) is 19.6 Å². The monoisotopic (exact) mass is 499 g/mol. The molecule has 1 fully saturated rings. The summed E-state index contributed by atoms with van der Waals surface area (Å²) in [6.07, 6.45) is -0.691. The molecule has 4 heterocycles. The lowest BCUT2D eigenvalue weighted by molar-refractivity contribution is -0.137. The Kier molecular flexibility index (Phi) is 6.01. The van der Waals surface area contributed by atoms with E-state index in [-0.39, 0.29) is 29.8 Å². The van der Waals surface area contributed by atoms with E-state index >= 15 is 0 Å². The number of aromatic nitrogens is 3. The Balaban J connectivity index is 1.38. The highest BCUT2D eigenvalue weighted by atomic mass is 19.4. The van der Waals surface area contributed by atoms with Crippen molar-refractivity contribution >= 4 is 23.4 Å². The highest BCUT2D eigenvalue weighted by Crippen LogP contribution is 2.32. The number of benzene rings is 1. The molecule has 2 aliphatic heterocycles. The average Bonchev–Trinajstić information content (AvgIpc) is 3.40. The number of pyridine rings is 1. The van der Waals surface area contributed by atoms with Crippen molar-refractivity contribution in [2.24, 2.45) is 0 Å². The fourth-order valence-electron chi connectivity index (χ4n) is 4.85. The molecule has 1 saturated heterocycles. The van der Waals surface area contributed by atoms with Gasteiger partial charge in [0.05, 0.1) is 16.7 Å². The number of rotatable bonds is 5. The second-order valence-electron chi connectivity index (χ2n) is 9.17. The minimum absolute atomic E-state index is 0.221. The summed E-state index contributed by atoms with van der Waals surface area (Å²) < 4.78 is 41.0. The van der Waals surface area contributed by atoms with E-state index in [0.29, 0.717) is 55.0 Å². The maximum absolute atomic E-state index is 13.3. The SMILES string of the molecule is CCCCN1C(=O)c2ccc(C(=O)N3CCCC(c4nnc5ccc(C(F)(F)F)cn45)C3)cc2C1=O. The molecular weight excluding hydrogens is 475 g/mol. The molecule has 2 aromatic heterocycles. The van der Waals surface area contributed by atoms with Crippen molar-refractivity contribution in [3.05, 3.63) is 64.6 Å². The van der Waals surface area contributed by atoms with Gasteiger partial charge in [0, 0.05) is 37.3 Å². The molecule has 8 nitrogen and oxygen atoms in total. The van der Waals surface area contributed by atoms with Crippen molar-refractivity contribution in [1.29, 1.82) is 0 Å². The zero-order chi connectivity index (χ0) is 25.6. The molecular formula is C25H24F3N5O3. The number of amides is 3. The molecule has 0 radical (unpaired) electrons. The van der Waals surface area contributed by atoms with E-state index < -0.39 is 17.6 Å². The molecule has 0 bridgehead atoms. The zero-order valence-electron chi connectivity index (χ0n) is 19.6. The van der Waals surface area contributed by atoms with Crippen LogP contribution >= 0.6 is 0 Å². The third kappa shape index (κ3) is 4.12. The van der Waals surface area contributed by atoms with Gasteiger partial charge in [-0.25, -0.2) is 0 Å². The molecule has 1 atom stereocenters.